The van der Waals surface area contributed by atoms with Gasteiger partial charge >= 0.3 is 0 Å². The zero-order valence-electron chi connectivity index (χ0n) is 11.2. The monoisotopic (exact) mass is 451 g/mol. The highest BCUT2D eigenvalue weighted by molar-refractivity contribution is 14.1. The fraction of sp³-hybridized carbons (Fsp3) is 0.385. The molecule has 0 saturated heterocycles. The first kappa shape index (κ1) is 15.9. The van der Waals surface area contributed by atoms with Crippen LogP contribution in [-0.2, 0) is 10.3 Å². The van der Waals surface area contributed by atoms with Gasteiger partial charge in [0.05, 0.1) is 12.2 Å². The summed E-state index contributed by atoms with van der Waals surface area (Å²) < 4.78 is 12.7. The molecule has 1 heterocycles. The van der Waals surface area contributed by atoms with Gasteiger partial charge in [0.2, 0.25) is 0 Å². The Labute approximate surface area is 139 Å². The molecule has 0 saturated carbocycles. The first-order valence-electron chi connectivity index (χ1n) is 6.10. The second kappa shape index (κ2) is 6.50. The van der Waals surface area contributed by atoms with E-state index in [1.807, 2.05) is 32.0 Å². The number of nitrogens with zero attached hydrogens (tertiary/aromatic N) is 2. The largest absolute Gasteiger partial charge is 0.379 e. The predicted octanol–water partition coefficient (Wildman–Crippen LogP) is 3.31. The highest BCUT2D eigenvalue weighted by Gasteiger charge is 2.28. The third-order valence-electron chi connectivity index (χ3n) is 2.70. The molecule has 5 nitrogen and oxygen atoms in total. The summed E-state index contributed by atoms with van der Waals surface area (Å²) in [4.78, 5) is 4.39. The molecule has 20 heavy (non-hydrogen) atoms. The minimum Gasteiger partial charge on any atom is -0.379 e. The van der Waals surface area contributed by atoms with E-state index in [2.05, 4.69) is 48.7 Å². The van der Waals surface area contributed by atoms with Gasteiger partial charge in [-0.25, -0.2) is 0 Å². The molecule has 0 fully saturated rings. The Morgan fingerprint density at radius 1 is 1.50 bits per heavy atom. The minimum absolute atomic E-state index is 0.343. The van der Waals surface area contributed by atoms with Crippen LogP contribution in [0.1, 0.15) is 19.7 Å². The van der Waals surface area contributed by atoms with Crippen LogP contribution in [0.4, 0.5) is 0 Å². The summed E-state index contributed by atoms with van der Waals surface area (Å²) in [7, 11) is 0. The molecule has 0 aliphatic rings. The quantitative estimate of drug-likeness (QED) is 0.706. The van der Waals surface area contributed by atoms with E-state index in [0.717, 1.165) is 13.6 Å². The molecule has 1 unspecified atom stereocenters. The number of aromatic nitrogens is 2. The Morgan fingerprint density at radius 2 is 2.25 bits per heavy atom. The fourth-order valence-corrected chi connectivity index (χ4v) is 2.51. The predicted molar refractivity (Wildman–Crippen MR) is 88.2 cm³/mol. The fourth-order valence-electron chi connectivity index (χ4n) is 1.60. The number of halogens is 2. The van der Waals surface area contributed by atoms with Crippen LogP contribution in [0.5, 0.6) is 0 Å². The van der Waals surface area contributed by atoms with Crippen LogP contribution in [-0.4, -0.2) is 23.4 Å². The number of nitrogens with two attached hydrogens (primary N) is 1. The number of ether oxygens (including phenoxy) is 1. The molecule has 1 atom stereocenters. The molecule has 7 heteroatoms. The molecular formula is C13H15BrIN3O2. The van der Waals surface area contributed by atoms with E-state index in [1.165, 1.54) is 0 Å². The summed E-state index contributed by atoms with van der Waals surface area (Å²) in [5.74, 6) is 0.880. The minimum atomic E-state index is -0.772. The Morgan fingerprint density at radius 3 is 2.95 bits per heavy atom. The van der Waals surface area contributed by atoms with Crippen molar-refractivity contribution >= 4 is 38.5 Å². The summed E-state index contributed by atoms with van der Waals surface area (Å²) in [5.41, 5.74) is 6.24. The Kier molecular flexibility index (Phi) is 5.16. The van der Waals surface area contributed by atoms with Gasteiger partial charge in [-0.1, -0.05) is 5.16 Å². The average Bonchev–Trinajstić information content (AvgIpc) is 2.89. The van der Waals surface area contributed by atoms with Crippen LogP contribution >= 0.6 is 38.5 Å². The first-order chi connectivity index (χ1) is 9.44. The molecule has 2 aromatic rings. The van der Waals surface area contributed by atoms with E-state index in [9.17, 15) is 0 Å². The van der Waals surface area contributed by atoms with E-state index < -0.39 is 5.54 Å². The van der Waals surface area contributed by atoms with Crippen LogP contribution in [0.2, 0.25) is 0 Å². The molecule has 0 aliphatic carbocycles. The second-order valence-electron chi connectivity index (χ2n) is 4.60. The number of hydrogen-bond acceptors (Lipinski definition) is 5. The van der Waals surface area contributed by atoms with Crippen molar-refractivity contribution in [3.05, 3.63) is 32.1 Å². The van der Waals surface area contributed by atoms with Gasteiger partial charge in [0.1, 0.15) is 5.54 Å². The van der Waals surface area contributed by atoms with Crippen molar-refractivity contribution in [2.45, 2.75) is 19.4 Å². The third kappa shape index (κ3) is 3.57. The Hall–Kier alpha value is -0.510. The molecule has 0 bridgehead atoms. The van der Waals surface area contributed by atoms with Crippen LogP contribution in [0.15, 0.2) is 27.2 Å². The lowest BCUT2D eigenvalue weighted by Crippen LogP contribution is -2.39. The molecule has 0 radical (unpaired) electrons. The second-order valence-corrected chi connectivity index (χ2v) is 6.70. The van der Waals surface area contributed by atoms with Crippen molar-refractivity contribution in [2.24, 2.45) is 5.73 Å². The Bertz CT molecular complexity index is 601. The summed E-state index contributed by atoms with van der Waals surface area (Å²) in [6.45, 7) is 4.68. The van der Waals surface area contributed by atoms with Crippen LogP contribution in [0.3, 0.4) is 0 Å². The van der Waals surface area contributed by atoms with Gasteiger partial charge in [-0.05, 0) is 70.6 Å². The van der Waals surface area contributed by atoms with Crippen molar-refractivity contribution in [1.82, 2.24) is 10.1 Å². The van der Waals surface area contributed by atoms with Crippen molar-refractivity contribution in [3.8, 4) is 11.5 Å². The van der Waals surface area contributed by atoms with E-state index in [-0.39, 0.29) is 0 Å². The van der Waals surface area contributed by atoms with E-state index >= 15 is 0 Å². The van der Waals surface area contributed by atoms with Gasteiger partial charge in [-0.3, -0.25) is 0 Å². The van der Waals surface area contributed by atoms with Gasteiger partial charge in [-0.2, -0.15) is 4.98 Å². The van der Waals surface area contributed by atoms with Crippen molar-refractivity contribution in [2.75, 3.05) is 13.2 Å². The number of hydrogen-bond donors (Lipinski definition) is 1. The summed E-state index contributed by atoms with van der Waals surface area (Å²) >= 11 is 5.72. The van der Waals surface area contributed by atoms with E-state index in [4.69, 9.17) is 15.0 Å². The smallest absolute Gasteiger partial charge is 0.259 e. The molecule has 108 valence electrons. The molecule has 0 amide bonds. The lowest BCUT2D eigenvalue weighted by Gasteiger charge is -2.19. The zero-order chi connectivity index (χ0) is 14.8. The summed E-state index contributed by atoms with van der Waals surface area (Å²) in [5, 5.41) is 3.97. The SMILES string of the molecule is CCOCC(C)(N)c1noc(-c2cc(I)ccc2Br)n1. The van der Waals surface area contributed by atoms with E-state index in [0.29, 0.717) is 24.9 Å². The molecular weight excluding hydrogens is 437 g/mol. The zero-order valence-corrected chi connectivity index (χ0v) is 14.9. The lowest BCUT2D eigenvalue weighted by molar-refractivity contribution is 0.0962. The summed E-state index contributed by atoms with van der Waals surface area (Å²) in [6.07, 6.45) is 0. The molecule has 2 rings (SSSR count). The van der Waals surface area contributed by atoms with Crippen molar-refractivity contribution in [3.63, 3.8) is 0 Å². The van der Waals surface area contributed by atoms with Gasteiger partial charge in [0.25, 0.3) is 5.89 Å². The Balaban J connectivity index is 2.31. The standard InChI is InChI=1S/C13H15BrIN3O2/c1-3-19-7-13(2,16)12-17-11(20-18-12)9-6-8(15)4-5-10(9)14/h4-6H,3,7,16H2,1-2H3. The molecule has 1 aromatic carbocycles. The van der Waals surface area contributed by atoms with E-state index in [1.54, 1.807) is 0 Å². The average molecular weight is 452 g/mol. The van der Waals surface area contributed by atoms with Crippen LogP contribution < -0.4 is 5.73 Å². The maximum absolute atomic E-state index is 6.16. The van der Waals surface area contributed by atoms with Gasteiger partial charge in [0.15, 0.2) is 5.82 Å². The molecule has 0 spiro atoms. The highest BCUT2D eigenvalue weighted by atomic mass is 127. The lowest BCUT2D eigenvalue weighted by atomic mass is 10.1. The summed E-state index contributed by atoms with van der Waals surface area (Å²) in [6, 6.07) is 5.91. The van der Waals surface area contributed by atoms with Gasteiger partial charge in [0, 0.05) is 14.6 Å². The van der Waals surface area contributed by atoms with Crippen LogP contribution in [0, 0.1) is 3.57 Å². The topological polar surface area (TPSA) is 74.2 Å². The van der Waals surface area contributed by atoms with Gasteiger partial charge < -0.3 is 15.0 Å². The number of rotatable bonds is 5. The molecule has 2 N–H and O–H groups in total. The normalized spacial score (nSPS) is 14.2. The maximum Gasteiger partial charge on any atom is 0.259 e. The van der Waals surface area contributed by atoms with Crippen LogP contribution in [0.25, 0.3) is 11.5 Å². The van der Waals surface area contributed by atoms with Crippen molar-refractivity contribution < 1.29 is 9.26 Å². The number of benzene rings is 1. The molecule has 1 aromatic heterocycles. The van der Waals surface area contributed by atoms with Crippen molar-refractivity contribution in [1.29, 1.82) is 0 Å². The van der Waals surface area contributed by atoms with Gasteiger partial charge in [-0.15, -0.1) is 0 Å². The molecule has 0 aliphatic heterocycles. The maximum atomic E-state index is 6.16. The third-order valence-corrected chi connectivity index (χ3v) is 4.06. The first-order valence-corrected chi connectivity index (χ1v) is 7.97. The highest BCUT2D eigenvalue weighted by Crippen LogP contribution is 2.29.